The fourth-order valence-electron chi connectivity index (χ4n) is 11.2. The number of carbonyl (C=O) groups excluding carboxylic acids is 6. The maximum Gasteiger partial charge on any atom is 0.491 e. The monoisotopic (exact) mass is 1330 g/mol. The van der Waals surface area contributed by atoms with Gasteiger partial charge in [-0.25, -0.2) is 28.8 Å². The minimum absolute atomic E-state index is 0.0117. The van der Waals surface area contributed by atoms with Gasteiger partial charge in [0.25, 0.3) is 6.29 Å². The smallest absolute Gasteiger partial charge is 0.491 e. The second-order valence-electron chi connectivity index (χ2n) is 22.0. The number of hydrogen-bond acceptors (Lipinski definition) is 21. The summed E-state index contributed by atoms with van der Waals surface area (Å²) in [5.41, 5.74) is -0.0730. The minimum atomic E-state index is -3.90. The molecule has 11 atom stereocenters. The van der Waals surface area contributed by atoms with E-state index in [4.69, 9.17) is 61.4 Å². The Labute approximate surface area is 558 Å². The van der Waals surface area contributed by atoms with Crippen molar-refractivity contribution < 1.29 is 99.6 Å². The van der Waals surface area contributed by atoms with Crippen molar-refractivity contribution in [3.8, 4) is 11.5 Å². The highest BCUT2D eigenvalue weighted by Gasteiger charge is 2.60. The SMILES string of the molecule is COc1ccc(C(OC[C@H]2O[C@@H](O[C@H]3[C@H](OC(=O)c4ccccc4)[C@H](OC(=O)c4ccccc4)[C@@H](O[P+](=O)[O-])O[C@@H]3COC(=O)c3ccccc3)[C@H](OC(=O)c3ccccc3)[C@@H](OC(=O)c3ccccc3)[C@H]2OC(=O)c2ccccc2)(c2ccccc2)c2ccc(OC)cc2)cc1. The highest BCUT2D eigenvalue weighted by molar-refractivity contribution is 7.30. The lowest BCUT2D eigenvalue weighted by Gasteiger charge is -2.48. The molecule has 9 aromatic carbocycles. The molecule has 2 fully saturated rings. The van der Waals surface area contributed by atoms with Crippen LogP contribution in [0, 0.1) is 0 Å². The average molecular weight is 1330 g/mol. The summed E-state index contributed by atoms with van der Waals surface area (Å²) in [4.78, 5) is 101. The Kier molecular flexibility index (Phi) is 22.4. The van der Waals surface area contributed by atoms with Crippen molar-refractivity contribution in [2.75, 3.05) is 27.4 Å². The molecule has 2 saturated heterocycles. The molecule has 11 rings (SSSR count). The number of hydrogen-bond donors (Lipinski definition) is 0. The summed E-state index contributed by atoms with van der Waals surface area (Å²) in [5.74, 6) is -5.14. The molecule has 0 amide bonds. The highest BCUT2D eigenvalue weighted by atomic mass is 31.1. The van der Waals surface area contributed by atoms with Crippen LogP contribution in [0.15, 0.2) is 261 Å². The van der Waals surface area contributed by atoms with Crippen LogP contribution in [0.2, 0.25) is 0 Å². The van der Waals surface area contributed by atoms with Crippen LogP contribution in [0.25, 0.3) is 0 Å². The molecule has 21 nitrogen and oxygen atoms in total. The standard InChI is InChI=1S/C75H63O21P/c1-84-57-42-38-55(39-43-57)75(54-36-22-9-23-37-54,56-40-44-58(85-2)45-41-56)87-47-60-61(90-68(77)49-26-12-4-13-27-49)63(91-69(78)50-28-14-5-15-29-50)65(93-71(80)52-32-18-7-19-33-52)73(88-60)95-62-59(46-86-67(76)48-24-10-3-11-25-48)89-74(96-97(82)83)66(94-72(81)53-34-20-8-21-35-53)64(62)92-70(79)51-30-16-6-17-31-51/h3-45,59-66,73-74H,46-47H2,1-2H3/t59-,60-,61+,62-,63+,64+,65-,66+,73+,74-/m1/s1. The van der Waals surface area contributed by atoms with E-state index in [0.717, 1.165) is 0 Å². The summed E-state index contributed by atoms with van der Waals surface area (Å²) in [5, 5.41) is 0. The second-order valence-corrected chi connectivity index (χ2v) is 22.6. The summed E-state index contributed by atoms with van der Waals surface area (Å²) >= 11 is 0. The second kappa shape index (κ2) is 32.1. The summed E-state index contributed by atoms with van der Waals surface area (Å²) in [6.07, 6.45) is -20.1. The zero-order valence-electron chi connectivity index (χ0n) is 52.0. The predicted molar refractivity (Wildman–Crippen MR) is 344 cm³/mol. The molecule has 9 aromatic rings. The zero-order valence-corrected chi connectivity index (χ0v) is 52.9. The first kappa shape index (κ1) is 67.7. The van der Waals surface area contributed by atoms with Gasteiger partial charge in [-0.1, -0.05) is 164 Å². The van der Waals surface area contributed by atoms with Gasteiger partial charge < -0.3 is 61.7 Å². The number of ether oxygens (including phenoxy) is 12. The molecule has 2 aliphatic heterocycles. The van der Waals surface area contributed by atoms with E-state index in [1.165, 1.54) is 99.1 Å². The van der Waals surface area contributed by atoms with Crippen LogP contribution in [-0.4, -0.2) is 125 Å². The van der Waals surface area contributed by atoms with Crippen molar-refractivity contribution in [3.05, 3.63) is 311 Å². The van der Waals surface area contributed by atoms with Gasteiger partial charge in [0.05, 0.1) is 54.2 Å². The Morgan fingerprint density at radius 3 is 1.03 bits per heavy atom. The Morgan fingerprint density at radius 1 is 0.361 bits per heavy atom. The van der Waals surface area contributed by atoms with E-state index in [0.29, 0.717) is 28.2 Å². The third-order valence-corrected chi connectivity index (χ3v) is 16.3. The Balaban J connectivity index is 1.12. The number of benzene rings is 9. The van der Waals surface area contributed by atoms with E-state index < -0.39 is 124 Å². The van der Waals surface area contributed by atoms with Crippen LogP contribution in [0.3, 0.4) is 0 Å². The van der Waals surface area contributed by atoms with E-state index in [-0.39, 0.29) is 33.4 Å². The van der Waals surface area contributed by atoms with E-state index in [1.54, 1.807) is 146 Å². The van der Waals surface area contributed by atoms with Gasteiger partial charge in [-0.3, -0.25) is 0 Å². The molecule has 0 aliphatic carbocycles. The molecule has 97 heavy (non-hydrogen) atoms. The quantitative estimate of drug-likeness (QED) is 0.0223. The van der Waals surface area contributed by atoms with Crippen molar-refractivity contribution in [2.24, 2.45) is 0 Å². The van der Waals surface area contributed by atoms with E-state index in [1.807, 2.05) is 30.3 Å². The van der Waals surface area contributed by atoms with Gasteiger partial charge in [0.2, 0.25) is 0 Å². The number of methoxy groups -OCH3 is 2. The normalized spacial score (nSPS) is 20.7. The molecule has 0 N–H and O–H groups in total. The van der Waals surface area contributed by atoms with Crippen molar-refractivity contribution in [1.82, 2.24) is 0 Å². The Morgan fingerprint density at radius 2 is 0.660 bits per heavy atom. The lowest BCUT2D eigenvalue weighted by Crippen LogP contribution is -2.67. The molecule has 494 valence electrons. The molecular weight excluding hydrogens is 1270 g/mol. The van der Waals surface area contributed by atoms with Gasteiger partial charge in [-0.2, -0.15) is 0 Å². The average Bonchev–Trinajstić information content (AvgIpc) is 0.759. The largest absolute Gasteiger partial charge is 0.566 e. The lowest BCUT2D eigenvalue weighted by molar-refractivity contribution is -0.353. The summed E-state index contributed by atoms with van der Waals surface area (Å²) in [6, 6.07) is 69.3. The van der Waals surface area contributed by atoms with E-state index in [9.17, 15) is 33.4 Å². The zero-order chi connectivity index (χ0) is 67.7. The van der Waals surface area contributed by atoms with Crippen LogP contribution < -0.4 is 14.4 Å². The molecule has 0 radical (unpaired) electrons. The molecule has 0 bridgehead atoms. The first-order valence-corrected chi connectivity index (χ1v) is 31.7. The molecule has 22 heteroatoms. The molecule has 2 heterocycles. The molecular formula is C75H63O21P. The predicted octanol–water partition coefficient (Wildman–Crippen LogP) is 10.9. The molecule has 1 unspecified atom stereocenters. The van der Waals surface area contributed by atoms with Gasteiger partial charge in [0, 0.05) is 0 Å². The first-order valence-electron chi connectivity index (χ1n) is 30.6. The first-order chi connectivity index (χ1) is 47.3. The summed E-state index contributed by atoms with van der Waals surface area (Å²) in [6.45, 7) is -1.51. The Bertz CT molecular complexity index is 4050. The van der Waals surface area contributed by atoms with Crippen LogP contribution in [-0.2, 0) is 62.1 Å². The van der Waals surface area contributed by atoms with Gasteiger partial charge >= 0.3 is 44.1 Å². The van der Waals surface area contributed by atoms with Crippen LogP contribution in [0.1, 0.15) is 78.8 Å². The van der Waals surface area contributed by atoms with Gasteiger partial charge in [0.1, 0.15) is 42.0 Å². The van der Waals surface area contributed by atoms with Gasteiger partial charge in [-0.05, 0) is 118 Å². The van der Waals surface area contributed by atoms with Crippen molar-refractivity contribution >= 4 is 44.1 Å². The molecule has 0 saturated carbocycles. The van der Waals surface area contributed by atoms with Gasteiger partial charge in [-0.15, -0.1) is 4.52 Å². The number of esters is 6. The highest BCUT2D eigenvalue weighted by Crippen LogP contribution is 2.44. The Hall–Kier alpha value is -10.7. The number of rotatable bonds is 25. The maximum atomic E-state index is 15.0. The summed E-state index contributed by atoms with van der Waals surface area (Å²) < 4.78 is 95.7. The van der Waals surface area contributed by atoms with E-state index in [2.05, 4.69) is 0 Å². The van der Waals surface area contributed by atoms with Crippen LogP contribution in [0.4, 0.5) is 0 Å². The van der Waals surface area contributed by atoms with Crippen LogP contribution in [0.5, 0.6) is 11.5 Å². The molecule has 0 spiro atoms. The fourth-order valence-corrected chi connectivity index (χ4v) is 11.6. The maximum absolute atomic E-state index is 15.0. The topological polar surface area (TPSA) is 263 Å². The molecule has 2 aliphatic rings. The number of carbonyl (C=O) groups is 6. The minimum Gasteiger partial charge on any atom is -0.566 e. The summed E-state index contributed by atoms with van der Waals surface area (Å²) in [7, 11) is -0.860. The van der Waals surface area contributed by atoms with Crippen molar-refractivity contribution in [3.63, 3.8) is 0 Å². The molecule has 0 aromatic heterocycles. The van der Waals surface area contributed by atoms with Crippen molar-refractivity contribution in [1.29, 1.82) is 0 Å². The van der Waals surface area contributed by atoms with Gasteiger partial charge in [0.15, 0.2) is 36.8 Å². The van der Waals surface area contributed by atoms with Crippen molar-refractivity contribution in [2.45, 2.75) is 67.0 Å². The lowest BCUT2D eigenvalue weighted by atomic mass is 9.80. The van der Waals surface area contributed by atoms with Crippen LogP contribution >= 0.6 is 8.25 Å². The van der Waals surface area contributed by atoms with E-state index >= 15 is 4.79 Å². The fraction of sp³-hybridized carbons (Fsp3) is 0.200. The third-order valence-electron chi connectivity index (χ3n) is 16.0. The third kappa shape index (κ3) is 16.3.